The maximum atomic E-state index is 5.83. The molecule has 0 amide bonds. The molecule has 1 heteroatoms. The lowest BCUT2D eigenvalue weighted by atomic mass is 9.77. The van der Waals surface area contributed by atoms with Crippen molar-refractivity contribution in [2.24, 2.45) is 5.92 Å². The molecule has 1 aromatic rings. The second-order valence-corrected chi connectivity index (χ2v) is 6.82. The molecular weight excluding hydrogens is 254 g/mol. The van der Waals surface area contributed by atoms with Crippen LogP contribution in [-0.2, 0) is 5.41 Å². The topological polar surface area (TPSA) is 26.0 Å². The van der Waals surface area contributed by atoms with Gasteiger partial charge in [0.15, 0.2) is 0 Å². The van der Waals surface area contributed by atoms with Crippen LogP contribution in [-0.4, -0.2) is 0 Å². The number of rotatable bonds is 3. The van der Waals surface area contributed by atoms with E-state index in [1.54, 1.807) is 0 Å². The van der Waals surface area contributed by atoms with E-state index in [-0.39, 0.29) is 5.41 Å². The summed E-state index contributed by atoms with van der Waals surface area (Å²) in [6, 6.07) is 6.12. The quantitative estimate of drug-likeness (QED) is 0.498. The van der Waals surface area contributed by atoms with Gasteiger partial charge in [-0.05, 0) is 54.9 Å². The highest BCUT2D eigenvalue weighted by atomic mass is 14.5. The second-order valence-electron chi connectivity index (χ2n) is 6.82. The van der Waals surface area contributed by atoms with Gasteiger partial charge in [-0.2, -0.15) is 0 Å². The summed E-state index contributed by atoms with van der Waals surface area (Å²) in [6.07, 6.45) is 0.997. The summed E-state index contributed by atoms with van der Waals surface area (Å²) in [5.74, 6) is 0.833. The highest BCUT2D eigenvalue weighted by Crippen LogP contribution is 2.33. The van der Waals surface area contributed by atoms with Crippen molar-refractivity contribution in [1.29, 1.82) is 0 Å². The molecule has 1 rings (SSSR count). The Bertz CT molecular complexity index is 411. The van der Waals surface area contributed by atoms with Crippen molar-refractivity contribution in [1.82, 2.24) is 0 Å². The molecule has 0 bridgehead atoms. The van der Waals surface area contributed by atoms with Gasteiger partial charge in [-0.25, -0.2) is 0 Å². The zero-order chi connectivity index (χ0) is 17.2. The fourth-order valence-electron chi connectivity index (χ4n) is 2.22. The van der Waals surface area contributed by atoms with Gasteiger partial charge in [0.05, 0.1) is 0 Å². The Morgan fingerprint density at radius 3 is 2.00 bits per heavy atom. The van der Waals surface area contributed by atoms with E-state index in [2.05, 4.69) is 67.2 Å². The summed E-state index contributed by atoms with van der Waals surface area (Å²) >= 11 is 0. The Kier molecular flexibility index (Phi) is 11.0. The lowest BCUT2D eigenvalue weighted by molar-refractivity contribution is 0.518. The predicted molar refractivity (Wildman–Crippen MR) is 99.9 cm³/mol. The van der Waals surface area contributed by atoms with E-state index in [9.17, 15) is 0 Å². The molecule has 122 valence electrons. The minimum atomic E-state index is 0.116. The van der Waals surface area contributed by atoms with Crippen LogP contribution in [0.4, 0.5) is 5.69 Å². The second kappa shape index (κ2) is 10.5. The Morgan fingerprint density at radius 1 is 1.19 bits per heavy atom. The number of anilines is 1. The molecule has 21 heavy (non-hydrogen) atoms. The molecule has 0 aliphatic rings. The van der Waals surface area contributed by atoms with Gasteiger partial charge in [0.25, 0.3) is 0 Å². The Hall–Kier alpha value is -1.24. The normalized spacial score (nSPS) is 10.2. The highest BCUT2D eigenvalue weighted by Gasteiger charge is 2.22. The first-order valence-corrected chi connectivity index (χ1v) is 8.07. The first-order valence-electron chi connectivity index (χ1n) is 8.07. The van der Waals surface area contributed by atoms with Crippen molar-refractivity contribution in [2.45, 2.75) is 74.1 Å². The van der Waals surface area contributed by atoms with Gasteiger partial charge in [-0.3, -0.25) is 0 Å². The van der Waals surface area contributed by atoms with Crippen LogP contribution in [0.25, 0.3) is 0 Å². The van der Waals surface area contributed by atoms with Crippen molar-refractivity contribution in [3.8, 4) is 0 Å². The summed E-state index contributed by atoms with van der Waals surface area (Å²) in [4.78, 5) is 0. The van der Waals surface area contributed by atoms with E-state index in [0.29, 0.717) is 0 Å². The third kappa shape index (κ3) is 10.2. The van der Waals surface area contributed by atoms with Crippen LogP contribution in [0.1, 0.15) is 72.9 Å². The molecule has 1 nitrogen and oxygen atoms in total. The SMILES string of the molecule is C=C(C)CC(C)(C)c1cc(N)ccc1C.CC.CC(C)C. The molecule has 0 heterocycles. The van der Waals surface area contributed by atoms with Crippen LogP contribution < -0.4 is 5.73 Å². The van der Waals surface area contributed by atoms with Crippen molar-refractivity contribution in [3.63, 3.8) is 0 Å². The number of allylic oxidation sites excluding steroid dienone is 1. The number of benzene rings is 1. The average Bonchev–Trinajstić information content (AvgIpc) is 2.32. The zero-order valence-corrected chi connectivity index (χ0v) is 15.8. The molecule has 0 atom stereocenters. The summed E-state index contributed by atoms with van der Waals surface area (Å²) < 4.78 is 0. The minimum Gasteiger partial charge on any atom is -0.399 e. The van der Waals surface area contributed by atoms with Gasteiger partial charge >= 0.3 is 0 Å². The lowest BCUT2D eigenvalue weighted by Crippen LogP contribution is -2.19. The Morgan fingerprint density at radius 2 is 1.62 bits per heavy atom. The van der Waals surface area contributed by atoms with Crippen LogP contribution in [0.15, 0.2) is 30.4 Å². The van der Waals surface area contributed by atoms with Gasteiger partial charge in [0.1, 0.15) is 0 Å². The summed E-state index contributed by atoms with van der Waals surface area (Å²) in [5, 5.41) is 0. The number of nitrogen functional groups attached to an aromatic ring is 1. The van der Waals surface area contributed by atoms with Crippen LogP contribution >= 0.6 is 0 Å². The van der Waals surface area contributed by atoms with Crippen LogP contribution in [0.5, 0.6) is 0 Å². The standard InChI is InChI=1S/C14H21N.C4H10.C2H6/c1-10(2)9-14(4,5)13-8-12(15)7-6-11(13)3;1-4(2)3;1-2/h6-8H,1,9,15H2,2-5H3;4H,1-3H3;1-2H3. The molecule has 0 unspecified atom stereocenters. The van der Waals surface area contributed by atoms with Gasteiger partial charge in [0, 0.05) is 5.69 Å². The maximum absolute atomic E-state index is 5.83. The first kappa shape index (κ1) is 22.0. The van der Waals surface area contributed by atoms with Gasteiger partial charge in [0.2, 0.25) is 0 Å². The van der Waals surface area contributed by atoms with Gasteiger partial charge < -0.3 is 5.73 Å². The molecule has 2 N–H and O–H groups in total. The van der Waals surface area contributed by atoms with Crippen LogP contribution in [0.3, 0.4) is 0 Å². The average molecular weight is 292 g/mol. The Balaban J connectivity index is 0. The van der Waals surface area contributed by atoms with Gasteiger partial charge in [-0.15, -0.1) is 6.58 Å². The first-order chi connectivity index (χ1) is 9.56. The molecule has 0 radical (unpaired) electrons. The number of hydrogen-bond acceptors (Lipinski definition) is 1. The third-order valence-electron chi connectivity index (χ3n) is 2.73. The molecule has 0 spiro atoms. The van der Waals surface area contributed by atoms with E-state index < -0.39 is 0 Å². The van der Waals surface area contributed by atoms with Crippen molar-refractivity contribution in [2.75, 3.05) is 5.73 Å². The fourth-order valence-corrected chi connectivity index (χ4v) is 2.22. The van der Waals surface area contributed by atoms with Crippen LogP contribution in [0, 0.1) is 12.8 Å². The summed E-state index contributed by atoms with van der Waals surface area (Å²) in [5.41, 5.74) is 10.6. The van der Waals surface area contributed by atoms with Crippen molar-refractivity contribution >= 4 is 5.69 Å². The van der Waals surface area contributed by atoms with E-state index in [4.69, 9.17) is 5.73 Å². The smallest absolute Gasteiger partial charge is 0.0317 e. The molecule has 0 saturated heterocycles. The molecular formula is C20H37N. The highest BCUT2D eigenvalue weighted by molar-refractivity contribution is 5.47. The third-order valence-corrected chi connectivity index (χ3v) is 2.73. The van der Waals surface area contributed by atoms with Crippen molar-refractivity contribution in [3.05, 3.63) is 41.5 Å². The lowest BCUT2D eigenvalue weighted by Gasteiger charge is -2.27. The van der Waals surface area contributed by atoms with E-state index >= 15 is 0 Å². The zero-order valence-electron chi connectivity index (χ0n) is 15.8. The molecule has 0 fully saturated rings. The van der Waals surface area contributed by atoms with Crippen LogP contribution in [0.2, 0.25) is 0 Å². The van der Waals surface area contributed by atoms with E-state index in [1.807, 2.05) is 19.9 Å². The van der Waals surface area contributed by atoms with E-state index in [0.717, 1.165) is 18.0 Å². The molecule has 1 aromatic carbocycles. The summed E-state index contributed by atoms with van der Waals surface area (Å²) in [7, 11) is 0. The number of nitrogens with two attached hydrogens (primary N) is 1. The maximum Gasteiger partial charge on any atom is 0.0317 e. The largest absolute Gasteiger partial charge is 0.399 e. The minimum absolute atomic E-state index is 0.116. The van der Waals surface area contributed by atoms with Crippen molar-refractivity contribution < 1.29 is 0 Å². The number of hydrogen-bond donors (Lipinski definition) is 1. The monoisotopic (exact) mass is 291 g/mol. The molecule has 0 aliphatic heterocycles. The van der Waals surface area contributed by atoms with Gasteiger partial charge in [-0.1, -0.05) is 60.1 Å². The predicted octanol–water partition coefficient (Wildman–Crippen LogP) is 6.51. The summed E-state index contributed by atoms with van der Waals surface area (Å²) in [6.45, 7) is 23.2. The molecule has 0 aromatic heterocycles. The molecule has 0 aliphatic carbocycles. The molecule has 0 saturated carbocycles. The fraction of sp³-hybridized carbons (Fsp3) is 0.600. The Labute approximate surface area is 133 Å². The van der Waals surface area contributed by atoms with E-state index in [1.165, 1.54) is 16.7 Å². The number of aryl methyl sites for hydroxylation is 1.